The molecule has 0 radical (unpaired) electrons. The Hall–Kier alpha value is -2.53. The van der Waals surface area contributed by atoms with E-state index in [1.807, 2.05) is 57.3 Å². The number of carbonyl (C=O) groups excluding carboxylic acids is 1. The van der Waals surface area contributed by atoms with Gasteiger partial charge in [-0.05, 0) is 55.7 Å². The van der Waals surface area contributed by atoms with Crippen LogP contribution in [-0.2, 0) is 17.8 Å². The minimum absolute atomic E-state index is 0.00915. The highest BCUT2D eigenvalue weighted by molar-refractivity contribution is 5.93. The second-order valence-corrected chi connectivity index (χ2v) is 6.92. The summed E-state index contributed by atoms with van der Waals surface area (Å²) < 4.78 is 10.8. The fraction of sp³-hybridized carbons (Fsp3) is 0.409. The number of amides is 1. The minimum atomic E-state index is -0.191. The fourth-order valence-electron chi connectivity index (χ4n) is 2.96. The van der Waals surface area contributed by atoms with Crippen molar-refractivity contribution in [3.63, 3.8) is 0 Å². The predicted molar refractivity (Wildman–Crippen MR) is 109 cm³/mol. The van der Waals surface area contributed by atoms with Crippen LogP contribution in [0, 0.1) is 6.92 Å². The first-order chi connectivity index (χ1) is 12.9. The molecule has 0 fully saturated rings. The molecule has 0 saturated heterocycles. The van der Waals surface area contributed by atoms with Crippen LogP contribution < -0.4 is 19.7 Å². The van der Waals surface area contributed by atoms with Gasteiger partial charge in [-0.3, -0.25) is 4.79 Å². The fourth-order valence-corrected chi connectivity index (χ4v) is 2.96. The zero-order valence-electron chi connectivity index (χ0n) is 17.2. The number of benzene rings is 2. The third-order valence-corrected chi connectivity index (χ3v) is 5.07. The van der Waals surface area contributed by atoms with Crippen LogP contribution in [-0.4, -0.2) is 33.2 Å². The van der Waals surface area contributed by atoms with Gasteiger partial charge in [0.25, 0.3) is 5.91 Å². The Kier molecular flexibility index (Phi) is 7.25. The molecule has 5 nitrogen and oxygen atoms in total. The molecule has 2 aromatic carbocycles. The number of quaternary nitrogens is 1. The monoisotopic (exact) mass is 371 g/mol. The Morgan fingerprint density at radius 3 is 2.26 bits per heavy atom. The zero-order valence-corrected chi connectivity index (χ0v) is 17.2. The molecule has 0 aromatic heterocycles. The van der Waals surface area contributed by atoms with E-state index in [2.05, 4.69) is 12.2 Å². The Bertz CT molecular complexity index is 772. The van der Waals surface area contributed by atoms with Crippen molar-refractivity contribution >= 4 is 11.6 Å². The first-order valence-electron chi connectivity index (χ1n) is 9.33. The van der Waals surface area contributed by atoms with Crippen molar-refractivity contribution in [3.8, 4) is 11.5 Å². The van der Waals surface area contributed by atoms with Crippen molar-refractivity contribution in [2.75, 3.05) is 26.6 Å². The molecule has 0 saturated carbocycles. The number of methoxy groups -OCH3 is 2. The molecule has 2 aromatic rings. The first kappa shape index (κ1) is 20.8. The first-order valence-corrected chi connectivity index (χ1v) is 9.33. The number of nitrogens with one attached hydrogen (secondary N) is 2. The van der Waals surface area contributed by atoms with Gasteiger partial charge in [0.15, 0.2) is 17.5 Å². The lowest BCUT2D eigenvalue weighted by Gasteiger charge is -2.22. The van der Waals surface area contributed by atoms with Crippen LogP contribution in [0.4, 0.5) is 5.69 Å². The standard InChI is InChI=1S/C22H30N2O3/c1-7-17-8-10-19(11-9-17)23-22(25)16(3)24(4)14-18-13-21(27-6)20(26-5)12-15(18)2/h8-13,16H,7,14H2,1-6H3,(H,23,25)/p+1/t16-/m1/s1. The van der Waals surface area contributed by atoms with Gasteiger partial charge in [0.1, 0.15) is 6.54 Å². The molecule has 0 aliphatic carbocycles. The molecule has 1 amide bonds. The summed E-state index contributed by atoms with van der Waals surface area (Å²) in [6, 6.07) is 11.8. The van der Waals surface area contributed by atoms with E-state index < -0.39 is 0 Å². The van der Waals surface area contributed by atoms with Gasteiger partial charge < -0.3 is 19.7 Å². The van der Waals surface area contributed by atoms with Crippen molar-refractivity contribution in [3.05, 3.63) is 53.1 Å². The SMILES string of the molecule is CCc1ccc(NC(=O)[C@@H](C)[NH+](C)Cc2cc(OC)c(OC)cc2C)cc1. The number of ether oxygens (including phenoxy) is 2. The van der Waals surface area contributed by atoms with Crippen molar-refractivity contribution < 1.29 is 19.2 Å². The highest BCUT2D eigenvalue weighted by atomic mass is 16.5. The van der Waals surface area contributed by atoms with E-state index in [4.69, 9.17) is 9.47 Å². The predicted octanol–water partition coefficient (Wildman–Crippen LogP) is 2.62. The Morgan fingerprint density at radius 2 is 1.70 bits per heavy atom. The van der Waals surface area contributed by atoms with Gasteiger partial charge >= 0.3 is 0 Å². The van der Waals surface area contributed by atoms with Gasteiger partial charge in [-0.25, -0.2) is 0 Å². The summed E-state index contributed by atoms with van der Waals surface area (Å²) in [6.45, 7) is 6.82. The lowest BCUT2D eigenvalue weighted by Crippen LogP contribution is -3.12. The molecule has 0 bridgehead atoms. The molecular formula is C22H31N2O3+. The number of likely N-dealkylation sites (N-methyl/N-ethyl adjacent to an activating group) is 1. The average Bonchev–Trinajstić information content (AvgIpc) is 2.68. The summed E-state index contributed by atoms with van der Waals surface area (Å²) >= 11 is 0. The van der Waals surface area contributed by atoms with E-state index in [0.29, 0.717) is 5.75 Å². The quantitative estimate of drug-likeness (QED) is 0.750. The van der Waals surface area contributed by atoms with Crippen LogP contribution in [0.5, 0.6) is 11.5 Å². The number of anilines is 1. The van der Waals surface area contributed by atoms with Gasteiger partial charge in [-0.2, -0.15) is 0 Å². The molecule has 1 unspecified atom stereocenters. The van der Waals surface area contributed by atoms with Crippen molar-refractivity contribution in [1.29, 1.82) is 0 Å². The molecule has 146 valence electrons. The topological polar surface area (TPSA) is 52.0 Å². The summed E-state index contributed by atoms with van der Waals surface area (Å²) in [6.07, 6.45) is 0.988. The van der Waals surface area contributed by atoms with Crippen molar-refractivity contribution in [2.45, 2.75) is 39.8 Å². The average molecular weight is 372 g/mol. The molecule has 2 rings (SSSR count). The molecule has 2 N–H and O–H groups in total. The smallest absolute Gasteiger partial charge is 0.282 e. The molecule has 0 spiro atoms. The lowest BCUT2D eigenvalue weighted by molar-refractivity contribution is -0.907. The second kappa shape index (κ2) is 9.42. The zero-order chi connectivity index (χ0) is 20.0. The molecular weight excluding hydrogens is 340 g/mol. The summed E-state index contributed by atoms with van der Waals surface area (Å²) in [4.78, 5) is 13.7. The van der Waals surface area contributed by atoms with Crippen LogP contribution in [0.3, 0.4) is 0 Å². The third-order valence-electron chi connectivity index (χ3n) is 5.07. The summed E-state index contributed by atoms with van der Waals surface area (Å²) in [5, 5.41) is 3.01. The minimum Gasteiger partial charge on any atom is -0.493 e. The molecule has 0 aliphatic heterocycles. The highest BCUT2D eigenvalue weighted by Gasteiger charge is 2.23. The van der Waals surface area contributed by atoms with Crippen LogP contribution in [0.15, 0.2) is 36.4 Å². The summed E-state index contributed by atoms with van der Waals surface area (Å²) in [5.41, 5.74) is 4.35. The van der Waals surface area contributed by atoms with Crippen LogP contribution in [0.1, 0.15) is 30.5 Å². The van der Waals surface area contributed by atoms with Crippen LogP contribution in [0.25, 0.3) is 0 Å². The maximum Gasteiger partial charge on any atom is 0.282 e. The summed E-state index contributed by atoms with van der Waals surface area (Å²) in [5.74, 6) is 1.44. The number of rotatable bonds is 8. The molecule has 0 aliphatic rings. The van der Waals surface area contributed by atoms with Crippen molar-refractivity contribution in [1.82, 2.24) is 0 Å². The van der Waals surface area contributed by atoms with Crippen molar-refractivity contribution in [2.24, 2.45) is 0 Å². The van der Waals surface area contributed by atoms with E-state index in [0.717, 1.165) is 40.4 Å². The second-order valence-electron chi connectivity index (χ2n) is 6.92. The van der Waals surface area contributed by atoms with Crippen LogP contribution >= 0.6 is 0 Å². The van der Waals surface area contributed by atoms with Gasteiger partial charge in [0.05, 0.1) is 21.3 Å². The van der Waals surface area contributed by atoms with Gasteiger partial charge in [-0.15, -0.1) is 0 Å². The number of aryl methyl sites for hydroxylation is 2. The summed E-state index contributed by atoms with van der Waals surface area (Å²) in [7, 11) is 5.29. The van der Waals surface area contributed by atoms with E-state index in [1.54, 1.807) is 14.2 Å². The Morgan fingerprint density at radius 1 is 1.11 bits per heavy atom. The van der Waals surface area contributed by atoms with Gasteiger partial charge in [0.2, 0.25) is 0 Å². The number of hydrogen-bond acceptors (Lipinski definition) is 3. The Balaban J connectivity index is 2.05. The molecule has 27 heavy (non-hydrogen) atoms. The molecule has 0 heterocycles. The largest absolute Gasteiger partial charge is 0.493 e. The van der Waals surface area contributed by atoms with E-state index in [1.165, 1.54) is 5.56 Å². The normalized spacial score (nSPS) is 13.0. The maximum absolute atomic E-state index is 12.6. The maximum atomic E-state index is 12.6. The van der Waals surface area contributed by atoms with Gasteiger partial charge in [-0.1, -0.05) is 19.1 Å². The Labute approximate surface area is 162 Å². The van der Waals surface area contributed by atoms with E-state index in [9.17, 15) is 4.79 Å². The number of hydrogen-bond donors (Lipinski definition) is 2. The molecule has 5 heteroatoms. The van der Waals surface area contributed by atoms with Gasteiger partial charge in [0, 0.05) is 11.3 Å². The van der Waals surface area contributed by atoms with E-state index >= 15 is 0 Å². The number of carbonyl (C=O) groups is 1. The van der Waals surface area contributed by atoms with Crippen LogP contribution in [0.2, 0.25) is 0 Å². The highest BCUT2D eigenvalue weighted by Crippen LogP contribution is 2.29. The van der Waals surface area contributed by atoms with E-state index in [-0.39, 0.29) is 11.9 Å². The lowest BCUT2D eigenvalue weighted by atomic mass is 10.1. The molecule has 2 atom stereocenters. The third kappa shape index (κ3) is 5.23.